The fourth-order valence-electron chi connectivity index (χ4n) is 12.4. The number of ether oxygens (including phenoxy) is 1. The molecule has 1 aliphatic carbocycles. The molecule has 3 aliphatic heterocycles. The number of hydrogen-bond donors (Lipinski definition) is 0. The minimum absolute atomic E-state index is 0.0236. The molecule has 14 rings (SSSR count). The van der Waals surface area contributed by atoms with Crippen molar-refractivity contribution in [3.05, 3.63) is 222 Å². The fourth-order valence-corrected chi connectivity index (χ4v) is 12.4. The summed E-state index contributed by atoms with van der Waals surface area (Å²) in [6.45, 7) is 4.87. The largest absolute Gasteiger partial charge is 0.483 e. The highest BCUT2D eigenvalue weighted by atomic mass is 16.5. The van der Waals surface area contributed by atoms with Crippen molar-refractivity contribution in [2.24, 2.45) is 0 Å². The number of benzene rings is 10. The molecule has 0 saturated heterocycles. The number of nitrogens with zero attached hydrogens (tertiary/aromatic N) is 2. The molecular weight excluding hydrogens is 753 g/mol. The van der Waals surface area contributed by atoms with Crippen LogP contribution in [0.25, 0.3) is 54.6 Å². The van der Waals surface area contributed by atoms with E-state index in [2.05, 4.69) is 218 Å². The highest BCUT2D eigenvalue weighted by Crippen LogP contribution is 2.65. The van der Waals surface area contributed by atoms with Gasteiger partial charge in [-0.15, -0.1) is 0 Å². The van der Waals surface area contributed by atoms with Crippen molar-refractivity contribution < 1.29 is 4.74 Å². The SMILES string of the molecule is CC1(C)c2ccccc2C2C1c1ccccc1N2c1cccc(-c2ccc3ccc4c(-c5cccc(N6c7ccccc7C7Oc8ccccc8C76)c5)ccc5ccc2c3c54)c1. The molecule has 0 amide bonds. The van der Waals surface area contributed by atoms with Crippen molar-refractivity contribution in [3.8, 4) is 28.0 Å². The van der Waals surface area contributed by atoms with Gasteiger partial charge in [0.25, 0.3) is 0 Å². The quantitative estimate of drug-likeness (QED) is 0.165. The van der Waals surface area contributed by atoms with E-state index in [1.165, 1.54) is 105 Å². The normalized spacial score (nSPS) is 20.0. The molecule has 0 N–H and O–H groups in total. The van der Waals surface area contributed by atoms with Crippen LogP contribution in [0.5, 0.6) is 5.75 Å². The van der Waals surface area contributed by atoms with E-state index in [-0.39, 0.29) is 23.6 Å². The van der Waals surface area contributed by atoms with Gasteiger partial charge in [0.1, 0.15) is 11.8 Å². The van der Waals surface area contributed by atoms with E-state index in [1.54, 1.807) is 0 Å². The van der Waals surface area contributed by atoms with Gasteiger partial charge < -0.3 is 14.5 Å². The van der Waals surface area contributed by atoms with E-state index in [1.807, 2.05) is 0 Å². The van der Waals surface area contributed by atoms with Gasteiger partial charge in [-0.1, -0.05) is 166 Å². The van der Waals surface area contributed by atoms with Gasteiger partial charge in [-0.05, 0) is 119 Å². The van der Waals surface area contributed by atoms with Crippen molar-refractivity contribution in [1.29, 1.82) is 0 Å². The first-order chi connectivity index (χ1) is 30.5. The number of fused-ring (bicyclic) bond motifs is 10. The second-order valence-corrected chi connectivity index (χ2v) is 18.4. The van der Waals surface area contributed by atoms with Crippen LogP contribution in [0.3, 0.4) is 0 Å². The van der Waals surface area contributed by atoms with Gasteiger partial charge in [-0.2, -0.15) is 0 Å². The Morgan fingerprint density at radius 1 is 0.435 bits per heavy atom. The lowest BCUT2D eigenvalue weighted by atomic mass is 9.75. The Labute approximate surface area is 361 Å². The summed E-state index contributed by atoms with van der Waals surface area (Å²) in [5.41, 5.74) is 16.8. The number of rotatable bonds is 4. The third-order valence-electron chi connectivity index (χ3n) is 15.0. The van der Waals surface area contributed by atoms with Crippen LogP contribution >= 0.6 is 0 Å². The standard InChI is InChI=1S/C59H42N2O/c1-59(2)49-21-7-3-17-45(49)56-55(59)46-18-4-8-22-50(46)60(56)39-15-11-13-37(33-39)41-29-25-35-28-32-44-42(30-26-36-27-31-43(41)53(35)54(36)44)38-14-12-16-40(34-38)61-51-23-9-5-19-47(51)58-57(61)48-20-6-10-24-52(48)62-58/h3-34,55-58H,1-2H3. The predicted octanol–water partition coefficient (Wildman–Crippen LogP) is 15.5. The van der Waals surface area contributed by atoms with Crippen LogP contribution in [0.2, 0.25) is 0 Å². The van der Waals surface area contributed by atoms with Gasteiger partial charge in [0.2, 0.25) is 0 Å². The summed E-state index contributed by atoms with van der Waals surface area (Å²) >= 11 is 0. The highest BCUT2D eigenvalue weighted by Gasteiger charge is 2.54. The van der Waals surface area contributed by atoms with Crippen LogP contribution in [-0.4, -0.2) is 0 Å². The zero-order valence-corrected chi connectivity index (χ0v) is 34.6. The van der Waals surface area contributed by atoms with Crippen LogP contribution in [0.15, 0.2) is 194 Å². The van der Waals surface area contributed by atoms with Crippen LogP contribution in [0.1, 0.15) is 65.8 Å². The molecule has 0 spiro atoms. The first-order valence-electron chi connectivity index (χ1n) is 22.1. The molecular formula is C59H42N2O. The second kappa shape index (κ2) is 12.4. The van der Waals surface area contributed by atoms with Gasteiger partial charge in [0.15, 0.2) is 6.10 Å². The topological polar surface area (TPSA) is 15.7 Å². The van der Waals surface area contributed by atoms with Crippen molar-refractivity contribution in [1.82, 2.24) is 0 Å². The van der Waals surface area contributed by atoms with Crippen LogP contribution in [-0.2, 0) is 5.41 Å². The summed E-state index contributed by atoms with van der Waals surface area (Å²) < 4.78 is 6.63. The van der Waals surface area contributed by atoms with Crippen LogP contribution < -0.4 is 14.5 Å². The molecule has 10 aromatic carbocycles. The minimum Gasteiger partial charge on any atom is -0.483 e. The van der Waals surface area contributed by atoms with Gasteiger partial charge >= 0.3 is 0 Å². The maximum atomic E-state index is 6.63. The van der Waals surface area contributed by atoms with Gasteiger partial charge in [-0.25, -0.2) is 0 Å². The maximum absolute atomic E-state index is 6.63. The summed E-state index contributed by atoms with van der Waals surface area (Å²) in [6, 6.07) is 72.9. The van der Waals surface area contributed by atoms with E-state index in [9.17, 15) is 0 Å². The molecule has 0 saturated carbocycles. The smallest absolute Gasteiger partial charge is 0.151 e. The predicted molar refractivity (Wildman–Crippen MR) is 256 cm³/mol. The Bertz CT molecular complexity index is 3490. The van der Waals surface area contributed by atoms with E-state index in [0.717, 1.165) is 5.75 Å². The van der Waals surface area contributed by atoms with Crippen LogP contribution in [0.4, 0.5) is 22.7 Å². The zero-order chi connectivity index (χ0) is 40.8. The molecule has 0 bridgehead atoms. The molecule has 294 valence electrons. The Morgan fingerprint density at radius 2 is 0.952 bits per heavy atom. The third kappa shape index (κ3) is 4.50. The van der Waals surface area contributed by atoms with Crippen molar-refractivity contribution in [2.45, 2.75) is 43.4 Å². The molecule has 3 heteroatoms. The molecule has 0 fully saturated rings. The first-order valence-corrected chi connectivity index (χ1v) is 22.1. The van der Waals surface area contributed by atoms with Crippen molar-refractivity contribution in [3.63, 3.8) is 0 Å². The fraction of sp³-hybridized carbons (Fsp3) is 0.119. The Hall–Kier alpha value is -7.36. The molecule has 0 aromatic heterocycles. The molecule has 4 unspecified atom stereocenters. The highest BCUT2D eigenvalue weighted by molar-refractivity contribution is 6.27. The van der Waals surface area contributed by atoms with Gasteiger partial charge in [0.05, 0.1) is 6.04 Å². The monoisotopic (exact) mass is 794 g/mol. The lowest BCUT2D eigenvalue weighted by molar-refractivity contribution is 0.223. The third-order valence-corrected chi connectivity index (χ3v) is 15.0. The molecule has 4 atom stereocenters. The number of hydrogen-bond acceptors (Lipinski definition) is 3. The van der Waals surface area contributed by atoms with Crippen molar-refractivity contribution >= 4 is 55.1 Å². The molecule has 62 heavy (non-hydrogen) atoms. The Balaban J connectivity index is 0.896. The zero-order valence-electron chi connectivity index (χ0n) is 34.6. The Kier molecular flexibility index (Phi) is 6.85. The van der Waals surface area contributed by atoms with Gasteiger partial charge in [-0.3, -0.25) is 0 Å². The summed E-state index contributed by atoms with van der Waals surface area (Å²) in [4.78, 5) is 5.13. The molecule has 3 nitrogen and oxygen atoms in total. The molecule has 4 aliphatic rings. The van der Waals surface area contributed by atoms with E-state index < -0.39 is 0 Å². The van der Waals surface area contributed by atoms with E-state index in [4.69, 9.17) is 4.74 Å². The summed E-state index contributed by atoms with van der Waals surface area (Å²) in [6.07, 6.45) is -0.0358. The average Bonchev–Trinajstić information content (AvgIpc) is 4.03. The number of anilines is 4. The maximum Gasteiger partial charge on any atom is 0.151 e. The van der Waals surface area contributed by atoms with E-state index in [0.29, 0.717) is 5.92 Å². The number of para-hydroxylation sites is 3. The second-order valence-electron chi connectivity index (χ2n) is 18.4. The average molecular weight is 795 g/mol. The lowest BCUT2D eigenvalue weighted by Gasteiger charge is -2.30. The molecule has 3 heterocycles. The summed E-state index contributed by atoms with van der Waals surface area (Å²) in [5, 5.41) is 7.75. The summed E-state index contributed by atoms with van der Waals surface area (Å²) in [5.74, 6) is 1.36. The molecule has 0 radical (unpaired) electrons. The summed E-state index contributed by atoms with van der Waals surface area (Å²) in [7, 11) is 0. The van der Waals surface area contributed by atoms with Gasteiger partial charge in [0, 0.05) is 39.8 Å². The van der Waals surface area contributed by atoms with E-state index >= 15 is 0 Å². The first kappa shape index (κ1) is 34.4. The molecule has 10 aromatic rings. The van der Waals surface area contributed by atoms with Crippen LogP contribution in [0, 0.1) is 0 Å². The van der Waals surface area contributed by atoms with Crippen molar-refractivity contribution in [2.75, 3.05) is 9.80 Å². The Morgan fingerprint density at radius 3 is 1.61 bits per heavy atom. The lowest BCUT2D eigenvalue weighted by Crippen LogP contribution is -2.25. The minimum atomic E-state index is -0.0358.